The Kier molecular flexibility index (Phi) is 5.62. The number of hydrogen-bond donors (Lipinski definition) is 4. The number of aliphatic hydroxyl groups is 4. The maximum atomic E-state index is 12.3. The van der Waals surface area contributed by atoms with Crippen LogP contribution in [0.3, 0.4) is 0 Å². The van der Waals surface area contributed by atoms with E-state index < -0.39 is 54.6 Å². The minimum absolute atomic E-state index is 0.0474. The van der Waals surface area contributed by atoms with Gasteiger partial charge in [-0.25, -0.2) is 0 Å². The van der Waals surface area contributed by atoms with E-state index in [0.717, 1.165) is 0 Å². The summed E-state index contributed by atoms with van der Waals surface area (Å²) in [5, 5.41) is 38.3. The number of carbonyl (C=O) groups excluding carboxylic acids is 1. The summed E-state index contributed by atoms with van der Waals surface area (Å²) in [5.74, 6) is -1.39. The third kappa shape index (κ3) is 3.66. The van der Waals surface area contributed by atoms with Crippen molar-refractivity contribution in [2.75, 3.05) is 6.61 Å². The van der Waals surface area contributed by atoms with Crippen molar-refractivity contribution in [1.29, 1.82) is 0 Å². The van der Waals surface area contributed by atoms with Crippen molar-refractivity contribution < 1.29 is 34.7 Å². The average Bonchev–Trinajstić information content (AvgIpc) is 2.99. The van der Waals surface area contributed by atoms with Gasteiger partial charge in [0.1, 0.15) is 28.9 Å². The molecule has 0 aromatic heterocycles. The number of esters is 1. The van der Waals surface area contributed by atoms with E-state index in [9.17, 15) is 20.1 Å². The molecule has 1 aliphatic carbocycles. The van der Waals surface area contributed by atoms with Gasteiger partial charge in [0.15, 0.2) is 0 Å². The highest BCUT2D eigenvalue weighted by Crippen LogP contribution is 2.60. The van der Waals surface area contributed by atoms with E-state index in [4.69, 9.17) is 37.8 Å². The largest absolute Gasteiger partial charge is 0.432 e. The molecule has 4 N–H and O–H groups in total. The minimum atomic E-state index is -1.62. The molecule has 9 heteroatoms. The van der Waals surface area contributed by atoms with E-state index in [1.165, 1.54) is 0 Å². The fraction of sp³-hybridized carbons (Fsp3) is 0.786. The summed E-state index contributed by atoms with van der Waals surface area (Å²) in [4.78, 5) is 12.3. The first kappa shape index (κ1) is 18.9. The van der Waals surface area contributed by atoms with Gasteiger partial charge in [-0.3, -0.25) is 4.79 Å². The van der Waals surface area contributed by atoms with Gasteiger partial charge in [-0.2, -0.15) is 0 Å². The van der Waals surface area contributed by atoms with Crippen LogP contribution < -0.4 is 0 Å². The molecule has 1 heterocycles. The van der Waals surface area contributed by atoms with Crippen LogP contribution in [0.1, 0.15) is 13.8 Å². The highest BCUT2D eigenvalue weighted by Gasteiger charge is 2.62. The van der Waals surface area contributed by atoms with Gasteiger partial charge in [-0.15, -0.1) is 0 Å². The van der Waals surface area contributed by atoms with Gasteiger partial charge >= 0.3 is 5.97 Å². The van der Waals surface area contributed by atoms with Crippen molar-refractivity contribution in [3.05, 3.63) is 10.6 Å². The monoisotopic (exact) mass is 370 g/mol. The molecule has 0 aromatic rings. The third-order valence-electron chi connectivity index (χ3n) is 4.55. The highest BCUT2D eigenvalue weighted by atomic mass is 35.5. The zero-order valence-electron chi connectivity index (χ0n) is 12.6. The van der Waals surface area contributed by atoms with Crippen LogP contribution in [0, 0.1) is 17.3 Å². The maximum absolute atomic E-state index is 12.3. The smallest absolute Gasteiger partial charge is 0.312 e. The first-order chi connectivity index (χ1) is 10.6. The third-order valence-corrected chi connectivity index (χ3v) is 4.80. The molecule has 0 radical (unpaired) electrons. The van der Waals surface area contributed by atoms with E-state index in [0.29, 0.717) is 0 Å². The van der Waals surface area contributed by atoms with Crippen molar-refractivity contribution in [2.24, 2.45) is 17.3 Å². The van der Waals surface area contributed by atoms with Crippen LogP contribution in [-0.2, 0) is 14.3 Å². The predicted octanol–water partition coefficient (Wildman–Crippen LogP) is -0.0793. The summed E-state index contributed by atoms with van der Waals surface area (Å²) in [5.41, 5.74) is -0.416. The molecule has 2 rings (SSSR count). The Bertz CT molecular complexity index is 490. The summed E-state index contributed by atoms with van der Waals surface area (Å²) < 4.78 is 10.3. The topological polar surface area (TPSA) is 116 Å². The predicted molar refractivity (Wildman–Crippen MR) is 80.4 cm³/mol. The zero-order valence-corrected chi connectivity index (χ0v) is 14.1. The molecule has 2 fully saturated rings. The molecule has 7 unspecified atom stereocenters. The van der Waals surface area contributed by atoms with Gasteiger partial charge in [-0.05, 0) is 17.4 Å². The molecule has 1 saturated carbocycles. The first-order valence-electron chi connectivity index (χ1n) is 7.15. The maximum Gasteiger partial charge on any atom is 0.312 e. The lowest BCUT2D eigenvalue weighted by Crippen LogP contribution is -2.59. The minimum Gasteiger partial charge on any atom is -0.432 e. The second kappa shape index (κ2) is 6.84. The van der Waals surface area contributed by atoms with Gasteiger partial charge in [0.25, 0.3) is 0 Å². The molecule has 7 nitrogen and oxygen atoms in total. The molecule has 0 bridgehead atoms. The lowest BCUT2D eigenvalue weighted by atomic mass is 9.99. The standard InChI is InChI=1S/C14H20Cl2O7/c1-14(2)5(3-7(15)16)8(14)12(21)23-13-11(20)10(19)9(18)6(4-17)22-13/h3,5-6,8-11,13,17-20H,4H2,1-2H3. The van der Waals surface area contributed by atoms with E-state index in [-0.39, 0.29) is 10.4 Å². The van der Waals surface area contributed by atoms with Crippen molar-refractivity contribution in [3.63, 3.8) is 0 Å². The Morgan fingerprint density at radius 2 is 1.83 bits per heavy atom. The molecule has 132 valence electrons. The number of allylic oxidation sites excluding steroid dienone is 1. The first-order valence-corrected chi connectivity index (χ1v) is 7.90. The number of aliphatic hydroxyl groups excluding tert-OH is 4. The Morgan fingerprint density at radius 3 is 2.35 bits per heavy atom. The van der Waals surface area contributed by atoms with Gasteiger partial charge in [0, 0.05) is 0 Å². The number of rotatable bonds is 4. The molecule has 0 aromatic carbocycles. The second-order valence-corrected chi connectivity index (χ2v) is 7.42. The zero-order chi connectivity index (χ0) is 17.5. The van der Waals surface area contributed by atoms with E-state index in [2.05, 4.69) is 0 Å². The van der Waals surface area contributed by atoms with Gasteiger partial charge in [0.2, 0.25) is 6.29 Å². The molecular weight excluding hydrogens is 351 g/mol. The van der Waals surface area contributed by atoms with E-state index in [1.54, 1.807) is 6.08 Å². The number of hydrogen-bond acceptors (Lipinski definition) is 7. The summed E-state index contributed by atoms with van der Waals surface area (Å²) >= 11 is 11.2. The van der Waals surface area contributed by atoms with Crippen molar-refractivity contribution in [1.82, 2.24) is 0 Å². The van der Waals surface area contributed by atoms with Crippen LogP contribution in [0.15, 0.2) is 10.6 Å². The fourth-order valence-corrected chi connectivity index (χ4v) is 3.20. The quantitative estimate of drug-likeness (QED) is 0.511. The Labute approximate surface area is 143 Å². The molecule has 0 spiro atoms. The Balaban J connectivity index is 2.04. The van der Waals surface area contributed by atoms with Crippen molar-refractivity contribution >= 4 is 29.2 Å². The normalized spacial score (nSPS) is 42.0. The molecule has 1 saturated heterocycles. The van der Waals surface area contributed by atoms with Crippen LogP contribution in [0.2, 0.25) is 0 Å². The SMILES string of the molecule is CC1(C)C(C=C(Cl)Cl)C1C(=O)OC1OC(CO)C(O)C(O)C1O. The van der Waals surface area contributed by atoms with Gasteiger partial charge < -0.3 is 29.9 Å². The fourth-order valence-electron chi connectivity index (χ4n) is 2.93. The molecule has 23 heavy (non-hydrogen) atoms. The molecule has 7 atom stereocenters. The molecular formula is C14H20Cl2O7. The van der Waals surface area contributed by atoms with Gasteiger partial charge in [-0.1, -0.05) is 37.0 Å². The van der Waals surface area contributed by atoms with Crippen molar-refractivity contribution in [3.8, 4) is 0 Å². The lowest BCUT2D eigenvalue weighted by molar-refractivity contribution is -0.293. The van der Waals surface area contributed by atoms with Crippen LogP contribution >= 0.6 is 23.2 Å². The molecule has 1 aliphatic heterocycles. The van der Waals surface area contributed by atoms with E-state index >= 15 is 0 Å². The van der Waals surface area contributed by atoms with Crippen LogP contribution in [0.25, 0.3) is 0 Å². The van der Waals surface area contributed by atoms with Crippen molar-refractivity contribution in [2.45, 2.75) is 44.6 Å². The van der Waals surface area contributed by atoms with E-state index in [1.807, 2.05) is 13.8 Å². The molecule has 0 amide bonds. The summed E-state index contributed by atoms with van der Waals surface area (Å²) in [6, 6.07) is 0. The van der Waals surface area contributed by atoms with Crippen LogP contribution in [-0.4, -0.2) is 63.7 Å². The van der Waals surface area contributed by atoms with Crippen LogP contribution in [0.4, 0.5) is 0 Å². The Morgan fingerprint density at radius 1 is 1.22 bits per heavy atom. The highest BCUT2D eigenvalue weighted by molar-refractivity contribution is 6.55. The Hall–Kier alpha value is -0.410. The number of ether oxygens (including phenoxy) is 2. The number of halogens is 2. The summed E-state index contributed by atoms with van der Waals surface area (Å²) in [6.07, 6.45) is -5.80. The number of carbonyl (C=O) groups is 1. The average molecular weight is 371 g/mol. The van der Waals surface area contributed by atoms with Crippen LogP contribution in [0.5, 0.6) is 0 Å². The molecule has 2 aliphatic rings. The summed E-state index contributed by atoms with van der Waals surface area (Å²) in [6.45, 7) is 3.08. The lowest BCUT2D eigenvalue weighted by Gasteiger charge is -2.39. The van der Waals surface area contributed by atoms with Gasteiger partial charge in [0.05, 0.1) is 12.5 Å². The summed E-state index contributed by atoms with van der Waals surface area (Å²) in [7, 11) is 0. The second-order valence-electron chi connectivity index (χ2n) is 6.42.